The second-order valence-electron chi connectivity index (χ2n) is 4.80. The lowest BCUT2D eigenvalue weighted by atomic mass is 9.87. The normalized spacial score (nSPS) is 24.4. The summed E-state index contributed by atoms with van der Waals surface area (Å²) in [5, 5.41) is 15.8. The molecule has 0 amide bonds. The molecule has 1 aliphatic rings. The molecule has 0 bridgehead atoms. The molecule has 0 aromatic carbocycles. The molecular weight excluding hydrogens is 244 g/mol. The fourth-order valence-corrected chi connectivity index (χ4v) is 2.55. The number of carboxylic acids is 1. The lowest BCUT2D eigenvalue weighted by molar-refractivity contribution is 0.0674. The first kappa shape index (κ1) is 12.9. The number of alkyl halides is 2. The van der Waals surface area contributed by atoms with Crippen molar-refractivity contribution < 1.29 is 18.7 Å². The van der Waals surface area contributed by atoms with E-state index in [2.05, 4.69) is 17.2 Å². The van der Waals surface area contributed by atoms with Crippen LogP contribution in [0.3, 0.4) is 0 Å². The predicted octanol–water partition coefficient (Wildman–Crippen LogP) is 2.67. The zero-order valence-electron chi connectivity index (χ0n) is 10.0. The molecular formula is C11H15F2N3O2. The maximum atomic E-state index is 13.0. The second kappa shape index (κ2) is 4.99. The summed E-state index contributed by atoms with van der Waals surface area (Å²) in [5.41, 5.74) is -1.20. The quantitative estimate of drug-likeness (QED) is 0.906. The highest BCUT2D eigenvalue weighted by Gasteiger charge is 2.31. The lowest BCUT2D eigenvalue weighted by Gasteiger charge is -2.27. The predicted molar refractivity (Wildman–Crippen MR) is 58.6 cm³/mol. The first-order valence-corrected chi connectivity index (χ1v) is 5.97. The van der Waals surface area contributed by atoms with E-state index in [0.29, 0.717) is 5.92 Å². The molecule has 1 saturated carbocycles. The van der Waals surface area contributed by atoms with Gasteiger partial charge in [-0.3, -0.25) is 0 Å². The van der Waals surface area contributed by atoms with Gasteiger partial charge in [-0.05, 0) is 18.8 Å². The Morgan fingerprint density at radius 1 is 1.50 bits per heavy atom. The van der Waals surface area contributed by atoms with Gasteiger partial charge in [0, 0.05) is 0 Å². The maximum Gasteiger partial charge on any atom is 0.358 e. The second-order valence-corrected chi connectivity index (χ2v) is 4.80. The van der Waals surface area contributed by atoms with Crippen LogP contribution >= 0.6 is 0 Å². The van der Waals surface area contributed by atoms with Gasteiger partial charge in [0.25, 0.3) is 6.43 Å². The largest absolute Gasteiger partial charge is 0.476 e. The van der Waals surface area contributed by atoms with E-state index in [0.717, 1.165) is 30.4 Å². The molecule has 1 aromatic rings. The van der Waals surface area contributed by atoms with Gasteiger partial charge in [-0.25, -0.2) is 18.3 Å². The number of carbonyl (C=O) groups is 1. The van der Waals surface area contributed by atoms with E-state index >= 15 is 0 Å². The smallest absolute Gasteiger partial charge is 0.358 e. The average Bonchev–Trinajstić information content (AvgIpc) is 2.73. The van der Waals surface area contributed by atoms with Crippen molar-refractivity contribution in [3.05, 3.63) is 11.4 Å². The molecule has 0 saturated heterocycles. The summed E-state index contributed by atoms with van der Waals surface area (Å²) in [6.07, 6.45) is 0.621. The molecule has 5 nitrogen and oxygen atoms in total. The first-order chi connectivity index (χ1) is 8.50. The van der Waals surface area contributed by atoms with Crippen molar-refractivity contribution in [1.29, 1.82) is 0 Å². The molecule has 0 radical (unpaired) electrons. The molecule has 0 aliphatic heterocycles. The van der Waals surface area contributed by atoms with Crippen LogP contribution in [0.4, 0.5) is 8.78 Å². The van der Waals surface area contributed by atoms with Crippen molar-refractivity contribution in [3.63, 3.8) is 0 Å². The highest BCUT2D eigenvalue weighted by molar-refractivity contribution is 5.86. The topological polar surface area (TPSA) is 68.0 Å². The molecule has 1 N–H and O–H groups in total. The van der Waals surface area contributed by atoms with Crippen LogP contribution in [0.5, 0.6) is 0 Å². The van der Waals surface area contributed by atoms with Crippen molar-refractivity contribution in [2.24, 2.45) is 5.92 Å². The van der Waals surface area contributed by atoms with E-state index in [1.807, 2.05) is 0 Å². The minimum Gasteiger partial charge on any atom is -0.476 e. The summed E-state index contributed by atoms with van der Waals surface area (Å²) >= 11 is 0. The van der Waals surface area contributed by atoms with Gasteiger partial charge in [0.2, 0.25) is 0 Å². The van der Waals surface area contributed by atoms with Crippen molar-refractivity contribution in [2.45, 2.75) is 45.1 Å². The van der Waals surface area contributed by atoms with Gasteiger partial charge >= 0.3 is 5.97 Å². The summed E-state index contributed by atoms with van der Waals surface area (Å²) in [5.74, 6) is -1.02. The number of hydrogen-bond donors (Lipinski definition) is 1. The molecule has 1 fully saturated rings. The monoisotopic (exact) mass is 259 g/mol. The molecule has 1 aliphatic carbocycles. The number of halogens is 2. The standard InChI is InChI=1S/C11H15F2N3O2/c1-6-3-2-4-7(5-6)16-9(10(12)13)8(11(17)18)14-15-16/h6-7,10H,2-5H2,1H3,(H,17,18). The third kappa shape index (κ3) is 2.34. The third-order valence-electron chi connectivity index (χ3n) is 3.39. The molecule has 2 unspecified atom stereocenters. The summed E-state index contributed by atoms with van der Waals surface area (Å²) in [6, 6.07) is -0.168. The Balaban J connectivity index is 2.35. The van der Waals surface area contributed by atoms with Crippen LogP contribution in [0.2, 0.25) is 0 Å². The molecule has 7 heteroatoms. The van der Waals surface area contributed by atoms with Crippen LogP contribution in [0, 0.1) is 5.92 Å². The van der Waals surface area contributed by atoms with Crippen molar-refractivity contribution in [3.8, 4) is 0 Å². The van der Waals surface area contributed by atoms with Gasteiger partial charge < -0.3 is 5.11 Å². The Kier molecular flexibility index (Phi) is 3.58. The van der Waals surface area contributed by atoms with Gasteiger partial charge in [-0.1, -0.05) is 25.0 Å². The number of aromatic nitrogens is 3. The Morgan fingerprint density at radius 3 is 2.78 bits per heavy atom. The van der Waals surface area contributed by atoms with Crippen molar-refractivity contribution >= 4 is 5.97 Å². The van der Waals surface area contributed by atoms with Crippen LogP contribution in [-0.2, 0) is 0 Å². The maximum absolute atomic E-state index is 13.0. The van der Waals surface area contributed by atoms with E-state index in [1.54, 1.807) is 0 Å². The minimum atomic E-state index is -2.87. The summed E-state index contributed by atoms with van der Waals surface area (Å²) in [4.78, 5) is 10.8. The van der Waals surface area contributed by atoms with Crippen LogP contribution in [0.1, 0.15) is 61.3 Å². The van der Waals surface area contributed by atoms with Crippen molar-refractivity contribution in [1.82, 2.24) is 15.0 Å². The lowest BCUT2D eigenvalue weighted by Crippen LogP contribution is -2.21. The SMILES string of the molecule is CC1CCCC(n2nnc(C(=O)O)c2C(F)F)C1. The fourth-order valence-electron chi connectivity index (χ4n) is 2.55. The third-order valence-corrected chi connectivity index (χ3v) is 3.39. The summed E-state index contributed by atoms with van der Waals surface area (Å²) in [6.45, 7) is 2.06. The number of nitrogens with zero attached hydrogens (tertiary/aromatic N) is 3. The van der Waals surface area contributed by atoms with Crippen LogP contribution in [0.15, 0.2) is 0 Å². The summed E-state index contributed by atoms with van der Waals surface area (Å²) in [7, 11) is 0. The summed E-state index contributed by atoms with van der Waals surface area (Å²) < 4.78 is 27.1. The molecule has 18 heavy (non-hydrogen) atoms. The molecule has 1 heterocycles. The van der Waals surface area contributed by atoms with Gasteiger partial charge in [-0.2, -0.15) is 0 Å². The Hall–Kier alpha value is -1.53. The zero-order valence-corrected chi connectivity index (χ0v) is 10.0. The zero-order chi connectivity index (χ0) is 13.3. The van der Waals surface area contributed by atoms with Crippen LogP contribution in [-0.4, -0.2) is 26.1 Å². The minimum absolute atomic E-state index is 0.168. The number of hydrogen-bond acceptors (Lipinski definition) is 3. The van der Waals surface area contributed by atoms with E-state index in [9.17, 15) is 13.6 Å². The molecule has 2 rings (SSSR count). The number of rotatable bonds is 3. The average molecular weight is 259 g/mol. The highest BCUT2D eigenvalue weighted by Crippen LogP contribution is 2.34. The van der Waals surface area contributed by atoms with E-state index in [4.69, 9.17) is 5.11 Å². The number of carboxylic acid groups (broad SMARTS) is 1. The van der Waals surface area contributed by atoms with Gasteiger partial charge in [0.05, 0.1) is 6.04 Å². The van der Waals surface area contributed by atoms with Gasteiger partial charge in [0.1, 0.15) is 5.69 Å². The molecule has 100 valence electrons. The molecule has 0 spiro atoms. The van der Waals surface area contributed by atoms with Crippen LogP contribution in [0.25, 0.3) is 0 Å². The van der Waals surface area contributed by atoms with E-state index in [1.165, 1.54) is 0 Å². The number of aromatic carboxylic acids is 1. The Morgan fingerprint density at radius 2 is 2.22 bits per heavy atom. The molecule has 2 atom stereocenters. The van der Waals surface area contributed by atoms with Crippen LogP contribution < -0.4 is 0 Å². The fraction of sp³-hybridized carbons (Fsp3) is 0.727. The van der Waals surface area contributed by atoms with Crippen molar-refractivity contribution in [2.75, 3.05) is 0 Å². The van der Waals surface area contributed by atoms with Gasteiger partial charge in [0.15, 0.2) is 5.69 Å². The Bertz CT molecular complexity index is 447. The van der Waals surface area contributed by atoms with E-state index in [-0.39, 0.29) is 6.04 Å². The highest BCUT2D eigenvalue weighted by atomic mass is 19.3. The van der Waals surface area contributed by atoms with E-state index < -0.39 is 23.8 Å². The first-order valence-electron chi connectivity index (χ1n) is 5.97. The Labute approximate surface area is 103 Å². The molecule has 1 aromatic heterocycles. The van der Waals surface area contributed by atoms with Gasteiger partial charge in [-0.15, -0.1) is 5.10 Å².